The predicted octanol–water partition coefficient (Wildman–Crippen LogP) is 3.68. The summed E-state index contributed by atoms with van der Waals surface area (Å²) in [6, 6.07) is 1.63. The minimum Gasteiger partial charge on any atom is -0.241 e. The first-order valence-corrected chi connectivity index (χ1v) is 7.83. The molecule has 0 N–H and O–H groups in total. The molecule has 2 aliphatic heterocycles. The van der Waals surface area contributed by atoms with Gasteiger partial charge in [-0.1, -0.05) is 27.2 Å². The summed E-state index contributed by atoms with van der Waals surface area (Å²) in [6.07, 6.45) is 9.69. The average Bonchev–Trinajstić information content (AvgIpc) is 2.90. The first-order valence-electron chi connectivity index (χ1n) is 7.83. The van der Waals surface area contributed by atoms with E-state index in [-0.39, 0.29) is 0 Å². The van der Waals surface area contributed by atoms with Crippen molar-refractivity contribution in [3.63, 3.8) is 0 Å². The normalized spacial score (nSPS) is 36.5. The molecule has 2 aliphatic rings. The zero-order chi connectivity index (χ0) is 12.3. The molecule has 2 unspecified atom stereocenters. The van der Waals surface area contributed by atoms with E-state index >= 15 is 0 Å². The molecule has 2 fully saturated rings. The summed E-state index contributed by atoms with van der Waals surface area (Å²) < 4.78 is 0. The molecule has 0 bridgehead atoms. The van der Waals surface area contributed by atoms with Crippen molar-refractivity contribution < 1.29 is 0 Å². The van der Waals surface area contributed by atoms with Gasteiger partial charge in [0.2, 0.25) is 0 Å². The maximum absolute atomic E-state index is 2.79. The topological polar surface area (TPSA) is 6.48 Å². The molecule has 0 amide bonds. The lowest BCUT2D eigenvalue weighted by Crippen LogP contribution is -2.56. The third-order valence-electron chi connectivity index (χ3n) is 4.89. The molecule has 0 aromatic rings. The van der Waals surface area contributed by atoms with Crippen molar-refractivity contribution in [3.05, 3.63) is 0 Å². The third-order valence-corrected chi connectivity index (χ3v) is 4.89. The van der Waals surface area contributed by atoms with Gasteiger partial charge >= 0.3 is 0 Å². The second kappa shape index (κ2) is 6.19. The molecular formula is C15H30N2. The Morgan fingerprint density at radius 3 is 1.76 bits per heavy atom. The van der Waals surface area contributed by atoms with E-state index in [9.17, 15) is 0 Å². The van der Waals surface area contributed by atoms with Crippen LogP contribution in [0.25, 0.3) is 0 Å². The molecular weight excluding hydrogens is 208 g/mol. The van der Waals surface area contributed by atoms with Gasteiger partial charge in [0, 0.05) is 25.2 Å². The zero-order valence-electron chi connectivity index (χ0n) is 12.0. The van der Waals surface area contributed by atoms with Crippen LogP contribution in [0, 0.1) is 5.92 Å². The fraction of sp³-hybridized carbons (Fsp3) is 1.00. The van der Waals surface area contributed by atoms with E-state index in [1.54, 1.807) is 0 Å². The highest BCUT2D eigenvalue weighted by Gasteiger charge is 2.37. The Labute approximate surface area is 107 Å². The van der Waals surface area contributed by atoms with Crippen LogP contribution in [-0.2, 0) is 0 Å². The van der Waals surface area contributed by atoms with Crippen molar-refractivity contribution in [2.24, 2.45) is 5.92 Å². The molecule has 2 rings (SSSR count). The maximum atomic E-state index is 2.79. The molecule has 2 nitrogen and oxygen atoms in total. The van der Waals surface area contributed by atoms with Gasteiger partial charge in [-0.15, -0.1) is 0 Å². The Morgan fingerprint density at radius 2 is 1.35 bits per heavy atom. The van der Waals surface area contributed by atoms with Gasteiger partial charge in [-0.05, 0) is 44.4 Å². The van der Waals surface area contributed by atoms with Crippen LogP contribution in [0.4, 0.5) is 0 Å². The van der Waals surface area contributed by atoms with E-state index in [0.717, 1.165) is 18.0 Å². The maximum Gasteiger partial charge on any atom is 0.0249 e. The summed E-state index contributed by atoms with van der Waals surface area (Å²) in [5.74, 6) is 0.976. The highest BCUT2D eigenvalue weighted by Crippen LogP contribution is 2.35. The van der Waals surface area contributed by atoms with Gasteiger partial charge in [0.15, 0.2) is 0 Å². The van der Waals surface area contributed by atoms with Crippen molar-refractivity contribution in [2.45, 2.75) is 77.8 Å². The van der Waals surface area contributed by atoms with Crippen LogP contribution >= 0.6 is 0 Å². The SMILES string of the molecule is CCC1CC(CC)N(N2CCCC2)C(CC)C1. The van der Waals surface area contributed by atoms with Gasteiger partial charge in [-0.2, -0.15) is 0 Å². The van der Waals surface area contributed by atoms with E-state index < -0.39 is 0 Å². The van der Waals surface area contributed by atoms with Gasteiger partial charge < -0.3 is 0 Å². The van der Waals surface area contributed by atoms with Crippen molar-refractivity contribution >= 4 is 0 Å². The predicted molar refractivity (Wildman–Crippen MR) is 73.8 cm³/mol. The van der Waals surface area contributed by atoms with Crippen molar-refractivity contribution in [3.8, 4) is 0 Å². The van der Waals surface area contributed by atoms with Crippen LogP contribution in [0.15, 0.2) is 0 Å². The molecule has 0 aromatic carbocycles. The van der Waals surface area contributed by atoms with Crippen LogP contribution in [0.1, 0.15) is 65.7 Å². The summed E-state index contributed by atoms with van der Waals surface area (Å²) in [7, 11) is 0. The second-order valence-corrected chi connectivity index (χ2v) is 5.91. The molecule has 0 aromatic heterocycles. The highest BCUT2D eigenvalue weighted by molar-refractivity contribution is 4.87. The summed E-state index contributed by atoms with van der Waals surface area (Å²) >= 11 is 0. The Bertz CT molecular complexity index is 209. The monoisotopic (exact) mass is 238 g/mol. The molecule has 17 heavy (non-hydrogen) atoms. The van der Waals surface area contributed by atoms with Crippen molar-refractivity contribution in [2.75, 3.05) is 13.1 Å². The van der Waals surface area contributed by atoms with E-state index in [1.807, 2.05) is 0 Å². The number of hydrogen-bond acceptors (Lipinski definition) is 2. The third kappa shape index (κ3) is 2.85. The Hall–Kier alpha value is -0.0800. The van der Waals surface area contributed by atoms with Crippen LogP contribution in [-0.4, -0.2) is 35.2 Å². The van der Waals surface area contributed by atoms with E-state index in [2.05, 4.69) is 30.8 Å². The molecule has 0 aliphatic carbocycles. The number of nitrogens with zero attached hydrogens (tertiary/aromatic N) is 2. The average molecular weight is 238 g/mol. The first kappa shape index (κ1) is 13.4. The van der Waals surface area contributed by atoms with Gasteiger partial charge in [0.05, 0.1) is 0 Å². The van der Waals surface area contributed by atoms with Gasteiger partial charge in [0.25, 0.3) is 0 Å². The molecule has 100 valence electrons. The second-order valence-electron chi connectivity index (χ2n) is 5.91. The Morgan fingerprint density at radius 1 is 0.824 bits per heavy atom. The minimum atomic E-state index is 0.816. The number of hydrogen-bond donors (Lipinski definition) is 0. The Kier molecular flexibility index (Phi) is 4.87. The summed E-state index contributed by atoms with van der Waals surface area (Å²) in [5, 5.41) is 5.47. The lowest BCUT2D eigenvalue weighted by Gasteiger charge is -2.49. The number of rotatable bonds is 4. The highest BCUT2D eigenvalue weighted by atomic mass is 15.7. The minimum absolute atomic E-state index is 0.816. The number of piperidine rings is 1. The van der Waals surface area contributed by atoms with Crippen molar-refractivity contribution in [1.29, 1.82) is 0 Å². The number of hydrazine groups is 1. The van der Waals surface area contributed by atoms with Gasteiger partial charge in [-0.3, -0.25) is 0 Å². The van der Waals surface area contributed by atoms with Crippen LogP contribution < -0.4 is 0 Å². The standard InChI is InChI=1S/C15H30N2/c1-4-13-11-14(5-2)17(15(6-3)12-13)16-9-7-8-10-16/h13-15H,4-12H2,1-3H3. The van der Waals surface area contributed by atoms with E-state index in [0.29, 0.717) is 0 Å². The smallest absolute Gasteiger partial charge is 0.0249 e. The van der Waals surface area contributed by atoms with Crippen LogP contribution in [0.2, 0.25) is 0 Å². The van der Waals surface area contributed by atoms with Gasteiger partial charge in [-0.25, -0.2) is 10.0 Å². The van der Waals surface area contributed by atoms with Gasteiger partial charge in [0.1, 0.15) is 0 Å². The fourth-order valence-electron chi connectivity index (χ4n) is 3.81. The summed E-state index contributed by atoms with van der Waals surface area (Å²) in [5.41, 5.74) is 0. The largest absolute Gasteiger partial charge is 0.241 e. The summed E-state index contributed by atoms with van der Waals surface area (Å²) in [6.45, 7) is 9.74. The van der Waals surface area contributed by atoms with E-state index in [4.69, 9.17) is 0 Å². The molecule has 2 heteroatoms. The quantitative estimate of drug-likeness (QED) is 0.737. The summed E-state index contributed by atoms with van der Waals surface area (Å²) in [4.78, 5) is 0. The lowest BCUT2D eigenvalue weighted by atomic mass is 9.83. The van der Waals surface area contributed by atoms with Crippen molar-refractivity contribution in [1.82, 2.24) is 10.0 Å². The molecule has 0 spiro atoms. The van der Waals surface area contributed by atoms with Crippen LogP contribution in [0.5, 0.6) is 0 Å². The first-order chi connectivity index (χ1) is 8.30. The lowest BCUT2D eigenvalue weighted by molar-refractivity contribution is -0.115. The fourth-order valence-corrected chi connectivity index (χ4v) is 3.81. The molecule has 2 saturated heterocycles. The van der Waals surface area contributed by atoms with E-state index in [1.165, 1.54) is 58.0 Å². The molecule has 0 radical (unpaired) electrons. The Balaban J connectivity index is 2.08. The zero-order valence-corrected chi connectivity index (χ0v) is 12.0. The van der Waals surface area contributed by atoms with Crippen LogP contribution in [0.3, 0.4) is 0 Å². The molecule has 2 heterocycles. The molecule has 0 saturated carbocycles. The molecule has 2 atom stereocenters.